The van der Waals surface area contributed by atoms with Gasteiger partial charge in [-0.15, -0.1) is 0 Å². The van der Waals surface area contributed by atoms with Gasteiger partial charge in [0.15, 0.2) is 0 Å². The summed E-state index contributed by atoms with van der Waals surface area (Å²) in [5.41, 5.74) is 1.89. The molecule has 0 spiro atoms. The van der Waals surface area contributed by atoms with Gasteiger partial charge in [0.2, 0.25) is 0 Å². The Labute approximate surface area is 146 Å². The molecule has 25 heavy (non-hydrogen) atoms. The average Bonchev–Trinajstić information content (AvgIpc) is 2.66. The van der Waals surface area contributed by atoms with Gasteiger partial charge >= 0.3 is 5.69 Å². The molecule has 2 N–H and O–H groups in total. The lowest BCUT2D eigenvalue weighted by atomic mass is 9.98. The smallest absolute Gasteiger partial charge is 0.347 e. The lowest BCUT2D eigenvalue weighted by Gasteiger charge is -2.22. The monoisotopic (exact) mass is 335 g/mol. The van der Waals surface area contributed by atoms with Crippen LogP contribution in [0.5, 0.6) is 0 Å². The first kappa shape index (κ1) is 17.1. The molecule has 3 aromatic rings. The molecule has 0 saturated carbocycles. The third-order valence-corrected chi connectivity index (χ3v) is 4.01. The Kier molecular flexibility index (Phi) is 5.72. The van der Waals surface area contributed by atoms with Gasteiger partial charge in [-0.1, -0.05) is 60.7 Å². The normalized spacial score (nSPS) is 12.2. The number of rotatable bonds is 7. The van der Waals surface area contributed by atoms with Gasteiger partial charge in [0, 0.05) is 18.9 Å². The quantitative estimate of drug-likeness (QED) is 0.693. The van der Waals surface area contributed by atoms with Crippen molar-refractivity contribution < 1.29 is 5.11 Å². The Morgan fingerprint density at radius 2 is 1.56 bits per heavy atom. The average molecular weight is 335 g/mol. The van der Waals surface area contributed by atoms with Crippen LogP contribution in [0.2, 0.25) is 0 Å². The van der Waals surface area contributed by atoms with E-state index in [0.717, 1.165) is 11.1 Å². The minimum absolute atomic E-state index is 0.0253. The van der Waals surface area contributed by atoms with Crippen LogP contribution < -0.4 is 11.0 Å². The number of aliphatic hydroxyl groups excluding tert-OH is 1. The van der Waals surface area contributed by atoms with Crippen LogP contribution in [0.15, 0.2) is 83.9 Å². The summed E-state index contributed by atoms with van der Waals surface area (Å²) in [5, 5.41) is 13.7. The fourth-order valence-corrected chi connectivity index (χ4v) is 2.79. The fourth-order valence-electron chi connectivity index (χ4n) is 2.79. The van der Waals surface area contributed by atoms with E-state index < -0.39 is 6.10 Å². The molecule has 0 aliphatic rings. The Morgan fingerprint density at radius 3 is 2.12 bits per heavy atom. The van der Waals surface area contributed by atoms with Gasteiger partial charge in [0.05, 0.1) is 18.7 Å². The Hall–Kier alpha value is -2.76. The van der Waals surface area contributed by atoms with Crippen molar-refractivity contribution in [2.75, 3.05) is 6.54 Å². The van der Waals surface area contributed by atoms with Crippen molar-refractivity contribution in [2.45, 2.75) is 18.7 Å². The van der Waals surface area contributed by atoms with Gasteiger partial charge in [0.25, 0.3) is 0 Å². The SMILES string of the molecule is O=c1ncccn1CC(O)CNC(c1ccccc1)c1ccccc1. The molecule has 5 nitrogen and oxygen atoms in total. The first-order valence-corrected chi connectivity index (χ1v) is 8.27. The molecule has 128 valence electrons. The molecule has 2 aromatic carbocycles. The number of aliphatic hydroxyl groups is 1. The van der Waals surface area contributed by atoms with Crippen LogP contribution in [0.25, 0.3) is 0 Å². The fraction of sp³-hybridized carbons (Fsp3) is 0.200. The standard InChI is InChI=1S/C20H21N3O2/c24-18(15-23-13-7-12-21-20(23)25)14-22-19(16-8-3-1-4-9-16)17-10-5-2-6-11-17/h1-13,18-19,22,24H,14-15H2. The molecule has 0 amide bonds. The summed E-state index contributed by atoms with van der Waals surface area (Å²) in [5.74, 6) is 0. The zero-order valence-corrected chi connectivity index (χ0v) is 13.8. The number of hydrogen-bond acceptors (Lipinski definition) is 4. The molecule has 0 aliphatic heterocycles. The number of aromatic nitrogens is 2. The second-order valence-corrected chi connectivity index (χ2v) is 5.87. The number of nitrogens with zero attached hydrogens (tertiary/aromatic N) is 2. The third-order valence-electron chi connectivity index (χ3n) is 4.01. The molecule has 0 saturated heterocycles. The maximum atomic E-state index is 11.7. The van der Waals surface area contributed by atoms with Crippen LogP contribution in [0.4, 0.5) is 0 Å². The molecule has 0 bridgehead atoms. The largest absolute Gasteiger partial charge is 0.390 e. The van der Waals surface area contributed by atoms with Crippen LogP contribution in [-0.4, -0.2) is 27.3 Å². The van der Waals surface area contributed by atoms with E-state index in [9.17, 15) is 9.90 Å². The molecule has 1 unspecified atom stereocenters. The zero-order valence-electron chi connectivity index (χ0n) is 13.8. The molecule has 0 aliphatic carbocycles. The zero-order chi connectivity index (χ0) is 17.5. The van der Waals surface area contributed by atoms with Crippen LogP contribution >= 0.6 is 0 Å². The van der Waals surface area contributed by atoms with Crippen molar-refractivity contribution in [1.29, 1.82) is 0 Å². The van der Waals surface area contributed by atoms with Crippen LogP contribution in [-0.2, 0) is 6.54 Å². The summed E-state index contributed by atoms with van der Waals surface area (Å²) in [6, 6.07) is 21.8. The Morgan fingerprint density at radius 1 is 0.960 bits per heavy atom. The predicted octanol–water partition coefficient (Wildman–Crippen LogP) is 1.98. The van der Waals surface area contributed by atoms with Gasteiger partial charge in [-0.2, -0.15) is 0 Å². The van der Waals surface area contributed by atoms with E-state index in [2.05, 4.69) is 34.6 Å². The highest BCUT2D eigenvalue weighted by Gasteiger charge is 2.15. The maximum Gasteiger partial charge on any atom is 0.347 e. The predicted molar refractivity (Wildman–Crippen MR) is 97.2 cm³/mol. The van der Waals surface area contributed by atoms with Crippen molar-refractivity contribution in [3.05, 3.63) is 101 Å². The molecule has 1 aromatic heterocycles. The molecule has 0 radical (unpaired) electrons. The number of hydrogen-bond donors (Lipinski definition) is 2. The minimum Gasteiger partial charge on any atom is -0.390 e. The minimum atomic E-state index is -0.697. The summed E-state index contributed by atoms with van der Waals surface area (Å²) >= 11 is 0. The van der Waals surface area contributed by atoms with Crippen molar-refractivity contribution in [3.63, 3.8) is 0 Å². The van der Waals surface area contributed by atoms with Crippen LogP contribution in [0.3, 0.4) is 0 Å². The van der Waals surface area contributed by atoms with Gasteiger partial charge in [-0.3, -0.25) is 4.57 Å². The molecule has 1 atom stereocenters. The molecule has 3 rings (SSSR count). The molecule has 0 fully saturated rings. The van der Waals surface area contributed by atoms with E-state index in [4.69, 9.17) is 0 Å². The second-order valence-electron chi connectivity index (χ2n) is 5.87. The summed E-state index contributed by atoms with van der Waals surface area (Å²) in [7, 11) is 0. The Bertz CT molecular complexity index is 795. The summed E-state index contributed by atoms with van der Waals surface area (Å²) in [6.07, 6.45) is 2.38. The van der Waals surface area contributed by atoms with E-state index in [0.29, 0.717) is 6.54 Å². The topological polar surface area (TPSA) is 67.2 Å². The van der Waals surface area contributed by atoms with E-state index in [-0.39, 0.29) is 18.3 Å². The lowest BCUT2D eigenvalue weighted by Crippen LogP contribution is -2.36. The van der Waals surface area contributed by atoms with Gasteiger partial charge in [0.1, 0.15) is 0 Å². The van der Waals surface area contributed by atoms with Crippen molar-refractivity contribution in [2.24, 2.45) is 0 Å². The molecular weight excluding hydrogens is 314 g/mol. The Balaban J connectivity index is 1.71. The highest BCUT2D eigenvalue weighted by atomic mass is 16.3. The van der Waals surface area contributed by atoms with Gasteiger partial charge in [-0.25, -0.2) is 9.78 Å². The first-order valence-electron chi connectivity index (χ1n) is 8.27. The highest BCUT2D eigenvalue weighted by molar-refractivity contribution is 5.31. The maximum absolute atomic E-state index is 11.7. The van der Waals surface area contributed by atoms with Crippen molar-refractivity contribution >= 4 is 0 Å². The molecule has 5 heteroatoms. The third kappa shape index (κ3) is 4.62. The van der Waals surface area contributed by atoms with Gasteiger partial charge < -0.3 is 10.4 Å². The summed E-state index contributed by atoms with van der Waals surface area (Å²) in [6.45, 7) is 0.561. The summed E-state index contributed by atoms with van der Waals surface area (Å²) in [4.78, 5) is 15.4. The molecular formula is C20H21N3O2. The van der Waals surface area contributed by atoms with E-state index in [1.165, 1.54) is 10.8 Å². The van der Waals surface area contributed by atoms with E-state index >= 15 is 0 Å². The first-order chi connectivity index (χ1) is 12.2. The van der Waals surface area contributed by atoms with E-state index in [1.807, 2.05) is 36.4 Å². The highest BCUT2D eigenvalue weighted by Crippen LogP contribution is 2.21. The van der Waals surface area contributed by atoms with Crippen molar-refractivity contribution in [1.82, 2.24) is 14.9 Å². The van der Waals surface area contributed by atoms with Gasteiger partial charge in [-0.05, 0) is 17.2 Å². The number of benzene rings is 2. The van der Waals surface area contributed by atoms with Crippen molar-refractivity contribution in [3.8, 4) is 0 Å². The van der Waals surface area contributed by atoms with E-state index in [1.54, 1.807) is 12.3 Å². The lowest BCUT2D eigenvalue weighted by molar-refractivity contribution is 0.147. The molecule has 1 heterocycles. The van der Waals surface area contributed by atoms with Crippen LogP contribution in [0, 0.1) is 0 Å². The second kappa shape index (κ2) is 8.37. The number of nitrogens with one attached hydrogen (secondary N) is 1. The van der Waals surface area contributed by atoms with Crippen LogP contribution in [0.1, 0.15) is 17.2 Å². The summed E-state index contributed by atoms with van der Waals surface area (Å²) < 4.78 is 1.41.